The van der Waals surface area contributed by atoms with E-state index in [-0.39, 0.29) is 25.0 Å². The molecule has 0 radical (unpaired) electrons. The van der Waals surface area contributed by atoms with Crippen molar-refractivity contribution in [2.75, 3.05) is 18.9 Å². The second-order valence-corrected chi connectivity index (χ2v) is 7.63. The van der Waals surface area contributed by atoms with Crippen LogP contribution in [0.15, 0.2) is 57.5 Å². The van der Waals surface area contributed by atoms with Crippen molar-refractivity contribution in [3.8, 4) is 5.75 Å². The van der Waals surface area contributed by atoms with Crippen LogP contribution in [0.1, 0.15) is 27.4 Å². The lowest BCUT2D eigenvalue weighted by molar-refractivity contribution is -0.116. The second kappa shape index (κ2) is 9.58. The Morgan fingerprint density at radius 1 is 1.13 bits per heavy atom. The van der Waals surface area contributed by atoms with Crippen LogP contribution >= 0.6 is 15.9 Å². The normalized spacial score (nSPS) is 10.5. The van der Waals surface area contributed by atoms with Crippen LogP contribution in [0.2, 0.25) is 0 Å². The zero-order valence-electron chi connectivity index (χ0n) is 16.9. The summed E-state index contributed by atoms with van der Waals surface area (Å²) < 4.78 is 11.8. The van der Waals surface area contributed by atoms with Gasteiger partial charge in [-0.25, -0.2) is 0 Å². The van der Waals surface area contributed by atoms with E-state index >= 15 is 0 Å². The molecule has 8 heteroatoms. The number of rotatable bonds is 7. The van der Waals surface area contributed by atoms with Crippen LogP contribution < -0.4 is 10.1 Å². The summed E-state index contributed by atoms with van der Waals surface area (Å²) in [6, 6.07) is 14.2. The molecular weight excluding hydrogens is 450 g/mol. The molecule has 3 aromatic rings. The smallest absolute Gasteiger partial charge is 0.257 e. The second-order valence-electron chi connectivity index (χ2n) is 6.78. The van der Waals surface area contributed by atoms with Gasteiger partial charge in [0.25, 0.3) is 5.91 Å². The molecule has 2 amide bonds. The predicted octanol–water partition coefficient (Wildman–Crippen LogP) is 4.34. The predicted molar refractivity (Wildman–Crippen MR) is 116 cm³/mol. The van der Waals surface area contributed by atoms with Crippen molar-refractivity contribution >= 4 is 33.4 Å². The third kappa shape index (κ3) is 5.07. The Balaban J connectivity index is 1.67. The number of halogens is 1. The molecule has 2 aromatic carbocycles. The van der Waals surface area contributed by atoms with Crippen molar-refractivity contribution in [3.63, 3.8) is 0 Å². The third-order valence-electron chi connectivity index (χ3n) is 4.55. The van der Waals surface area contributed by atoms with Crippen LogP contribution in [0.5, 0.6) is 5.75 Å². The molecule has 0 bridgehead atoms. The minimum absolute atomic E-state index is 0.0988. The minimum atomic E-state index is -0.313. The summed E-state index contributed by atoms with van der Waals surface area (Å²) in [5.41, 5.74) is 2.61. The highest BCUT2D eigenvalue weighted by Crippen LogP contribution is 2.23. The third-order valence-corrected chi connectivity index (χ3v) is 5.24. The lowest BCUT2D eigenvalue weighted by Gasteiger charge is -2.19. The van der Waals surface area contributed by atoms with E-state index < -0.39 is 0 Å². The molecule has 0 spiro atoms. The van der Waals surface area contributed by atoms with Gasteiger partial charge in [-0.1, -0.05) is 29.4 Å². The first-order valence-electron chi connectivity index (χ1n) is 9.30. The maximum absolute atomic E-state index is 12.9. The van der Waals surface area contributed by atoms with Crippen LogP contribution in [0.4, 0.5) is 5.69 Å². The summed E-state index contributed by atoms with van der Waals surface area (Å²) in [4.78, 5) is 26.7. The quantitative estimate of drug-likeness (QED) is 0.553. The van der Waals surface area contributed by atoms with Gasteiger partial charge in [-0.05, 0) is 54.0 Å². The van der Waals surface area contributed by atoms with Gasteiger partial charge < -0.3 is 19.5 Å². The Morgan fingerprint density at radius 2 is 1.83 bits per heavy atom. The standard InChI is InChI=1S/C22H22BrN3O4/c1-14-17(15(2)30-25-14)13-29-20-11-7-4-8-16(20)22(28)26(3)12-21(27)24-19-10-6-5-9-18(19)23/h4-11H,12-13H2,1-3H3,(H,24,27). The molecule has 0 aliphatic carbocycles. The summed E-state index contributed by atoms with van der Waals surface area (Å²) >= 11 is 3.39. The monoisotopic (exact) mass is 471 g/mol. The zero-order valence-corrected chi connectivity index (χ0v) is 18.5. The average molecular weight is 472 g/mol. The van der Waals surface area contributed by atoms with E-state index in [9.17, 15) is 9.59 Å². The number of likely N-dealkylation sites (N-methyl/N-ethyl adjacent to an activating group) is 1. The molecule has 156 valence electrons. The van der Waals surface area contributed by atoms with Gasteiger partial charge in [0.15, 0.2) is 0 Å². The van der Waals surface area contributed by atoms with Gasteiger partial charge in [-0.2, -0.15) is 0 Å². The fourth-order valence-corrected chi connectivity index (χ4v) is 3.26. The molecule has 1 aromatic heterocycles. The number of aryl methyl sites for hydroxylation is 2. The molecule has 0 saturated heterocycles. The Bertz CT molecular complexity index is 1040. The van der Waals surface area contributed by atoms with Gasteiger partial charge in [0, 0.05) is 11.5 Å². The molecule has 7 nitrogen and oxygen atoms in total. The number of ether oxygens (including phenoxy) is 1. The SMILES string of the molecule is Cc1noc(C)c1COc1ccccc1C(=O)N(C)CC(=O)Nc1ccccc1Br. The Kier molecular flexibility index (Phi) is 6.89. The summed E-state index contributed by atoms with van der Waals surface area (Å²) in [6.45, 7) is 3.78. The van der Waals surface area contributed by atoms with E-state index in [1.807, 2.05) is 32.0 Å². The summed E-state index contributed by atoms with van der Waals surface area (Å²) in [7, 11) is 1.58. The average Bonchev–Trinajstić information content (AvgIpc) is 3.05. The van der Waals surface area contributed by atoms with Crippen molar-refractivity contribution in [1.82, 2.24) is 10.1 Å². The lowest BCUT2D eigenvalue weighted by atomic mass is 10.1. The molecular formula is C22H22BrN3O4. The molecule has 0 atom stereocenters. The van der Waals surface area contributed by atoms with Gasteiger partial charge in [-0.15, -0.1) is 0 Å². The van der Waals surface area contributed by atoms with Gasteiger partial charge in [0.1, 0.15) is 18.1 Å². The van der Waals surface area contributed by atoms with Crippen LogP contribution in [0.3, 0.4) is 0 Å². The fourth-order valence-electron chi connectivity index (χ4n) is 2.87. The number of benzene rings is 2. The first-order chi connectivity index (χ1) is 14.4. The van der Waals surface area contributed by atoms with Crippen LogP contribution in [0, 0.1) is 13.8 Å². The number of aromatic nitrogens is 1. The Labute approximate surface area is 183 Å². The molecule has 1 heterocycles. The fraction of sp³-hybridized carbons (Fsp3) is 0.227. The number of para-hydroxylation sites is 2. The van der Waals surface area contributed by atoms with Crippen molar-refractivity contribution in [2.45, 2.75) is 20.5 Å². The molecule has 3 rings (SSSR count). The minimum Gasteiger partial charge on any atom is -0.488 e. The van der Waals surface area contributed by atoms with Crippen LogP contribution in [-0.4, -0.2) is 35.5 Å². The maximum atomic E-state index is 12.9. The molecule has 1 N–H and O–H groups in total. The van der Waals surface area contributed by atoms with E-state index in [1.165, 1.54) is 4.90 Å². The maximum Gasteiger partial charge on any atom is 0.257 e. The van der Waals surface area contributed by atoms with Gasteiger partial charge in [-0.3, -0.25) is 9.59 Å². The van der Waals surface area contributed by atoms with Gasteiger partial charge >= 0.3 is 0 Å². The summed E-state index contributed by atoms with van der Waals surface area (Å²) in [5, 5.41) is 6.70. The van der Waals surface area contributed by atoms with E-state index in [4.69, 9.17) is 9.26 Å². The van der Waals surface area contributed by atoms with E-state index in [0.29, 0.717) is 22.8 Å². The number of hydrogen-bond donors (Lipinski definition) is 1. The van der Waals surface area contributed by atoms with Gasteiger partial charge in [0.05, 0.1) is 29.1 Å². The highest BCUT2D eigenvalue weighted by atomic mass is 79.9. The molecule has 0 unspecified atom stereocenters. The van der Waals surface area contributed by atoms with Crippen molar-refractivity contribution in [2.24, 2.45) is 0 Å². The molecule has 0 saturated carbocycles. The zero-order chi connectivity index (χ0) is 21.7. The lowest BCUT2D eigenvalue weighted by Crippen LogP contribution is -2.35. The molecule has 0 fully saturated rings. The number of carbonyl (C=O) groups excluding carboxylic acids is 2. The first-order valence-corrected chi connectivity index (χ1v) is 10.1. The highest BCUT2D eigenvalue weighted by Gasteiger charge is 2.20. The number of carbonyl (C=O) groups is 2. The van der Waals surface area contributed by atoms with Crippen LogP contribution in [-0.2, 0) is 11.4 Å². The number of nitrogens with one attached hydrogen (secondary N) is 1. The largest absolute Gasteiger partial charge is 0.488 e. The van der Waals surface area contributed by atoms with E-state index in [2.05, 4.69) is 26.4 Å². The number of nitrogens with zero attached hydrogens (tertiary/aromatic N) is 2. The number of hydrogen-bond acceptors (Lipinski definition) is 5. The van der Waals surface area contributed by atoms with Crippen molar-refractivity contribution in [1.29, 1.82) is 0 Å². The van der Waals surface area contributed by atoms with Crippen molar-refractivity contribution < 1.29 is 18.8 Å². The van der Waals surface area contributed by atoms with E-state index in [1.54, 1.807) is 37.4 Å². The van der Waals surface area contributed by atoms with Crippen molar-refractivity contribution in [3.05, 3.63) is 75.6 Å². The summed E-state index contributed by atoms with van der Waals surface area (Å²) in [6.07, 6.45) is 0. The first kappa shape index (κ1) is 21.6. The molecule has 30 heavy (non-hydrogen) atoms. The Morgan fingerprint density at radius 3 is 2.53 bits per heavy atom. The van der Waals surface area contributed by atoms with Gasteiger partial charge in [0.2, 0.25) is 5.91 Å². The number of anilines is 1. The number of amides is 2. The van der Waals surface area contributed by atoms with Crippen LogP contribution in [0.25, 0.3) is 0 Å². The molecule has 0 aliphatic heterocycles. The summed E-state index contributed by atoms with van der Waals surface area (Å²) in [5.74, 6) is 0.497. The highest BCUT2D eigenvalue weighted by molar-refractivity contribution is 9.10. The topological polar surface area (TPSA) is 84.7 Å². The Hall–Kier alpha value is -3.13. The van der Waals surface area contributed by atoms with E-state index in [0.717, 1.165) is 15.7 Å². The molecule has 0 aliphatic rings.